The summed E-state index contributed by atoms with van der Waals surface area (Å²) in [4.78, 5) is 5.99. The molecule has 5 nitrogen and oxygen atoms in total. The van der Waals surface area contributed by atoms with Crippen molar-refractivity contribution in [2.45, 2.75) is 6.42 Å². The van der Waals surface area contributed by atoms with Crippen molar-refractivity contribution in [3.63, 3.8) is 0 Å². The van der Waals surface area contributed by atoms with Gasteiger partial charge in [-0.25, -0.2) is 0 Å². The van der Waals surface area contributed by atoms with Crippen LogP contribution in [-0.2, 0) is 6.42 Å². The van der Waals surface area contributed by atoms with Crippen molar-refractivity contribution in [1.29, 1.82) is 5.26 Å². The number of rotatable bonds is 4. The maximum absolute atomic E-state index is 8.65. The lowest BCUT2D eigenvalue weighted by atomic mass is 10.2. The summed E-state index contributed by atoms with van der Waals surface area (Å²) in [6.07, 6.45) is 4.49. The second-order valence-electron chi connectivity index (χ2n) is 3.92. The van der Waals surface area contributed by atoms with E-state index in [4.69, 9.17) is 5.26 Å². The van der Waals surface area contributed by atoms with Crippen LogP contribution >= 0.6 is 0 Å². The van der Waals surface area contributed by atoms with E-state index >= 15 is 0 Å². The highest BCUT2D eigenvalue weighted by atomic mass is 15.2. The number of nitriles is 1. The van der Waals surface area contributed by atoms with E-state index in [1.807, 2.05) is 30.1 Å². The average Bonchev–Trinajstić information content (AvgIpc) is 2.46. The van der Waals surface area contributed by atoms with Crippen molar-refractivity contribution in [2.24, 2.45) is 0 Å². The molecule has 90 valence electrons. The summed E-state index contributed by atoms with van der Waals surface area (Å²) in [5.74, 6) is 0.767. The van der Waals surface area contributed by atoms with Crippen LogP contribution < -0.4 is 4.90 Å². The fraction of sp³-hybridized carbons (Fsp3) is 0.231. The summed E-state index contributed by atoms with van der Waals surface area (Å²) in [5.41, 5.74) is 1.57. The van der Waals surface area contributed by atoms with E-state index in [0.29, 0.717) is 5.69 Å². The van der Waals surface area contributed by atoms with Gasteiger partial charge in [-0.3, -0.25) is 4.98 Å². The second kappa shape index (κ2) is 5.73. The molecule has 0 aromatic carbocycles. The smallest absolute Gasteiger partial charge is 0.163 e. The molecule has 2 rings (SSSR count). The molecule has 0 saturated carbocycles. The van der Waals surface area contributed by atoms with Crippen LogP contribution in [0.4, 0.5) is 5.82 Å². The fourth-order valence-electron chi connectivity index (χ4n) is 1.55. The molecular formula is C13H13N5. The third kappa shape index (κ3) is 3.01. The van der Waals surface area contributed by atoms with Crippen LogP contribution in [0.1, 0.15) is 11.3 Å². The summed E-state index contributed by atoms with van der Waals surface area (Å²) in [6.45, 7) is 0.838. The minimum absolute atomic E-state index is 0.335. The first kappa shape index (κ1) is 12.0. The molecule has 0 bridgehead atoms. The highest BCUT2D eigenvalue weighted by Crippen LogP contribution is 2.08. The van der Waals surface area contributed by atoms with Crippen LogP contribution in [0.25, 0.3) is 0 Å². The Balaban J connectivity index is 1.95. The van der Waals surface area contributed by atoms with Crippen molar-refractivity contribution >= 4 is 5.82 Å². The molecule has 0 spiro atoms. The molecule has 2 aromatic heterocycles. The molecule has 0 unspecified atom stereocenters. The van der Waals surface area contributed by atoms with Gasteiger partial charge in [0.1, 0.15) is 6.07 Å². The summed E-state index contributed by atoms with van der Waals surface area (Å²) in [7, 11) is 1.96. The summed E-state index contributed by atoms with van der Waals surface area (Å²) in [5, 5.41) is 16.5. The van der Waals surface area contributed by atoms with E-state index in [-0.39, 0.29) is 0 Å². The minimum Gasteiger partial charge on any atom is -0.358 e. The highest BCUT2D eigenvalue weighted by molar-refractivity contribution is 5.38. The van der Waals surface area contributed by atoms with Gasteiger partial charge in [0.15, 0.2) is 11.5 Å². The molecule has 0 fully saturated rings. The van der Waals surface area contributed by atoms with Crippen LogP contribution in [0.2, 0.25) is 0 Å². The van der Waals surface area contributed by atoms with E-state index in [0.717, 1.165) is 18.8 Å². The quantitative estimate of drug-likeness (QED) is 0.807. The highest BCUT2D eigenvalue weighted by Gasteiger charge is 2.03. The Morgan fingerprint density at radius 3 is 2.56 bits per heavy atom. The summed E-state index contributed by atoms with van der Waals surface area (Å²) >= 11 is 0. The van der Waals surface area contributed by atoms with Gasteiger partial charge in [0, 0.05) is 26.0 Å². The standard InChI is InChI=1S/C13H13N5/c1-18(9-6-11-4-7-15-8-5-11)13-3-2-12(10-14)16-17-13/h2-5,7-8H,6,9H2,1H3. The van der Waals surface area contributed by atoms with Gasteiger partial charge in [-0.05, 0) is 36.2 Å². The van der Waals surface area contributed by atoms with Crippen LogP contribution in [0.3, 0.4) is 0 Å². The lowest BCUT2D eigenvalue weighted by Crippen LogP contribution is -2.21. The van der Waals surface area contributed by atoms with Crippen LogP contribution in [0, 0.1) is 11.3 Å². The van der Waals surface area contributed by atoms with Gasteiger partial charge in [0.25, 0.3) is 0 Å². The van der Waals surface area contributed by atoms with Crippen molar-refractivity contribution in [2.75, 3.05) is 18.5 Å². The molecule has 0 N–H and O–H groups in total. The third-order valence-corrected chi connectivity index (χ3v) is 2.64. The van der Waals surface area contributed by atoms with E-state index in [9.17, 15) is 0 Å². The molecule has 0 aliphatic rings. The summed E-state index contributed by atoms with van der Waals surface area (Å²) < 4.78 is 0. The number of hydrogen-bond acceptors (Lipinski definition) is 5. The van der Waals surface area contributed by atoms with Gasteiger partial charge in [-0.15, -0.1) is 10.2 Å². The monoisotopic (exact) mass is 239 g/mol. The predicted octanol–water partition coefficient (Wildman–Crippen LogP) is 1.42. The van der Waals surface area contributed by atoms with E-state index < -0.39 is 0 Å². The van der Waals surface area contributed by atoms with Crippen molar-refractivity contribution in [3.05, 3.63) is 47.9 Å². The molecule has 0 radical (unpaired) electrons. The maximum Gasteiger partial charge on any atom is 0.163 e. The average molecular weight is 239 g/mol. The fourth-order valence-corrected chi connectivity index (χ4v) is 1.55. The molecule has 18 heavy (non-hydrogen) atoms. The zero-order valence-electron chi connectivity index (χ0n) is 10.1. The molecule has 5 heteroatoms. The minimum atomic E-state index is 0.335. The Labute approximate surface area is 106 Å². The summed E-state index contributed by atoms with van der Waals surface area (Å²) in [6, 6.07) is 9.42. The molecule has 0 atom stereocenters. The van der Waals surface area contributed by atoms with Gasteiger partial charge < -0.3 is 4.90 Å². The van der Waals surface area contributed by atoms with Crippen LogP contribution in [0.15, 0.2) is 36.7 Å². The molecular weight excluding hydrogens is 226 g/mol. The van der Waals surface area contributed by atoms with Crippen molar-refractivity contribution in [1.82, 2.24) is 15.2 Å². The number of anilines is 1. The molecule has 0 amide bonds. The lowest BCUT2D eigenvalue weighted by Gasteiger charge is -2.17. The SMILES string of the molecule is CN(CCc1ccncc1)c1ccc(C#N)nn1. The lowest BCUT2D eigenvalue weighted by molar-refractivity contribution is 0.836. The third-order valence-electron chi connectivity index (χ3n) is 2.64. The number of aromatic nitrogens is 3. The van der Waals surface area contributed by atoms with Gasteiger partial charge in [-0.2, -0.15) is 5.26 Å². The topological polar surface area (TPSA) is 65.7 Å². The first-order valence-corrected chi connectivity index (χ1v) is 5.63. The molecule has 2 aromatic rings. The second-order valence-corrected chi connectivity index (χ2v) is 3.92. The Bertz CT molecular complexity index is 530. The molecule has 0 aliphatic carbocycles. The van der Waals surface area contributed by atoms with Crippen molar-refractivity contribution in [3.8, 4) is 6.07 Å². The normalized spacial score (nSPS) is 9.78. The largest absolute Gasteiger partial charge is 0.358 e. The van der Waals surface area contributed by atoms with Gasteiger partial charge in [-0.1, -0.05) is 0 Å². The number of likely N-dealkylation sites (N-methyl/N-ethyl adjacent to an activating group) is 1. The Hall–Kier alpha value is -2.48. The first-order chi connectivity index (χ1) is 8.79. The van der Waals surface area contributed by atoms with Gasteiger partial charge in [0.2, 0.25) is 0 Å². The van der Waals surface area contributed by atoms with E-state index in [2.05, 4.69) is 15.2 Å². The zero-order chi connectivity index (χ0) is 12.8. The van der Waals surface area contributed by atoms with Crippen LogP contribution in [-0.4, -0.2) is 28.8 Å². The number of nitrogens with zero attached hydrogens (tertiary/aromatic N) is 5. The van der Waals surface area contributed by atoms with Crippen LogP contribution in [0.5, 0.6) is 0 Å². The Morgan fingerprint density at radius 1 is 1.17 bits per heavy atom. The maximum atomic E-state index is 8.65. The Morgan fingerprint density at radius 2 is 1.94 bits per heavy atom. The number of pyridine rings is 1. The zero-order valence-corrected chi connectivity index (χ0v) is 10.1. The van der Waals surface area contributed by atoms with E-state index in [1.165, 1.54) is 5.56 Å². The number of hydrogen-bond donors (Lipinski definition) is 0. The van der Waals surface area contributed by atoms with Gasteiger partial charge >= 0.3 is 0 Å². The molecule has 2 heterocycles. The molecule has 0 saturated heterocycles. The molecule has 0 aliphatic heterocycles. The van der Waals surface area contributed by atoms with Crippen molar-refractivity contribution < 1.29 is 0 Å². The van der Waals surface area contributed by atoms with Gasteiger partial charge in [0.05, 0.1) is 0 Å². The Kier molecular flexibility index (Phi) is 3.82. The van der Waals surface area contributed by atoms with E-state index in [1.54, 1.807) is 24.5 Å². The first-order valence-electron chi connectivity index (χ1n) is 5.63. The predicted molar refractivity (Wildman–Crippen MR) is 68.0 cm³/mol.